The molecule has 0 N–H and O–H groups in total. The lowest BCUT2D eigenvalue weighted by molar-refractivity contribution is -0.149. The van der Waals surface area contributed by atoms with Crippen LogP contribution in [0, 0.1) is 17.2 Å². The molecule has 1 saturated heterocycles. The van der Waals surface area contributed by atoms with E-state index in [9.17, 15) is 9.59 Å². The molecular weight excluding hydrogens is 270 g/mol. The number of likely N-dealkylation sites (tertiary alicyclic amines) is 1. The van der Waals surface area contributed by atoms with Gasteiger partial charge in [-0.25, -0.2) is 0 Å². The van der Waals surface area contributed by atoms with Gasteiger partial charge in [-0.15, -0.1) is 0 Å². The van der Waals surface area contributed by atoms with Gasteiger partial charge in [0, 0.05) is 26.6 Å². The fraction of sp³-hybridized carbons (Fsp3) is 0.800. The Morgan fingerprint density at radius 2 is 2.05 bits per heavy atom. The van der Waals surface area contributed by atoms with Crippen molar-refractivity contribution in [2.75, 3.05) is 39.8 Å². The summed E-state index contributed by atoms with van der Waals surface area (Å²) < 4.78 is 5.04. The standard InChI is InChI=1S/C15H25N3O3/c1-3-21-15(20)13-5-10-18(11-6-13)12-7-14(19)17(2)9-4-8-16/h13H,3-7,9-12H2,1-2H3. The number of nitrogens with zero attached hydrogens (tertiary/aromatic N) is 3. The first-order valence-corrected chi connectivity index (χ1v) is 7.58. The number of carbonyl (C=O) groups excluding carboxylic acids is 2. The van der Waals surface area contributed by atoms with Crippen molar-refractivity contribution in [1.29, 1.82) is 5.26 Å². The summed E-state index contributed by atoms with van der Waals surface area (Å²) >= 11 is 0. The molecule has 1 rings (SSSR count). The van der Waals surface area contributed by atoms with E-state index >= 15 is 0 Å². The van der Waals surface area contributed by atoms with Gasteiger partial charge in [0.05, 0.1) is 25.0 Å². The molecule has 0 atom stereocenters. The molecule has 0 spiro atoms. The van der Waals surface area contributed by atoms with Gasteiger partial charge in [0.15, 0.2) is 0 Å². The smallest absolute Gasteiger partial charge is 0.309 e. The number of carbonyl (C=O) groups is 2. The van der Waals surface area contributed by atoms with E-state index in [0.717, 1.165) is 25.9 Å². The van der Waals surface area contributed by atoms with Gasteiger partial charge >= 0.3 is 5.97 Å². The minimum absolute atomic E-state index is 0.00945. The number of hydrogen-bond donors (Lipinski definition) is 0. The molecule has 0 saturated carbocycles. The Labute approximate surface area is 126 Å². The van der Waals surface area contributed by atoms with Crippen molar-refractivity contribution in [2.45, 2.75) is 32.6 Å². The maximum Gasteiger partial charge on any atom is 0.309 e. The van der Waals surface area contributed by atoms with Gasteiger partial charge in [-0.05, 0) is 32.9 Å². The molecule has 118 valence electrons. The first-order valence-electron chi connectivity index (χ1n) is 7.58. The lowest BCUT2D eigenvalue weighted by atomic mass is 9.97. The Balaban J connectivity index is 2.22. The molecule has 0 aliphatic carbocycles. The maximum absolute atomic E-state index is 11.9. The number of nitriles is 1. The normalized spacial score (nSPS) is 16.2. The zero-order chi connectivity index (χ0) is 15.7. The molecule has 0 aromatic heterocycles. The molecule has 0 radical (unpaired) electrons. The fourth-order valence-electron chi connectivity index (χ4n) is 2.44. The van der Waals surface area contributed by atoms with Crippen molar-refractivity contribution in [3.8, 4) is 6.07 Å². The zero-order valence-corrected chi connectivity index (χ0v) is 13.0. The summed E-state index contributed by atoms with van der Waals surface area (Å²) in [6, 6.07) is 2.04. The van der Waals surface area contributed by atoms with Crippen LogP contribution in [-0.4, -0.2) is 61.5 Å². The van der Waals surface area contributed by atoms with Crippen LogP contribution in [0.2, 0.25) is 0 Å². The van der Waals surface area contributed by atoms with Crippen molar-refractivity contribution in [2.24, 2.45) is 5.92 Å². The fourth-order valence-corrected chi connectivity index (χ4v) is 2.44. The average molecular weight is 295 g/mol. The predicted molar refractivity (Wildman–Crippen MR) is 78.3 cm³/mol. The van der Waals surface area contributed by atoms with Gasteiger partial charge in [-0.2, -0.15) is 5.26 Å². The Morgan fingerprint density at radius 1 is 1.38 bits per heavy atom. The van der Waals surface area contributed by atoms with Crippen molar-refractivity contribution in [1.82, 2.24) is 9.80 Å². The molecule has 6 nitrogen and oxygen atoms in total. The third kappa shape index (κ3) is 6.13. The monoisotopic (exact) mass is 295 g/mol. The van der Waals surface area contributed by atoms with Gasteiger partial charge in [0.1, 0.15) is 0 Å². The van der Waals surface area contributed by atoms with Crippen LogP contribution in [0.15, 0.2) is 0 Å². The van der Waals surface area contributed by atoms with Crippen LogP contribution in [0.5, 0.6) is 0 Å². The SMILES string of the molecule is CCOC(=O)C1CCN(CCC(=O)N(C)CCC#N)CC1. The molecule has 0 aromatic rings. The van der Waals surface area contributed by atoms with E-state index in [4.69, 9.17) is 10.00 Å². The summed E-state index contributed by atoms with van der Waals surface area (Å²) in [5.41, 5.74) is 0. The van der Waals surface area contributed by atoms with Crippen LogP contribution in [-0.2, 0) is 14.3 Å². The van der Waals surface area contributed by atoms with Crippen molar-refractivity contribution < 1.29 is 14.3 Å². The number of ether oxygens (including phenoxy) is 1. The zero-order valence-electron chi connectivity index (χ0n) is 13.0. The molecule has 0 bridgehead atoms. The largest absolute Gasteiger partial charge is 0.466 e. The van der Waals surface area contributed by atoms with Gasteiger partial charge in [-0.1, -0.05) is 0 Å². The quantitative estimate of drug-likeness (QED) is 0.656. The first-order chi connectivity index (χ1) is 10.1. The highest BCUT2D eigenvalue weighted by atomic mass is 16.5. The summed E-state index contributed by atoms with van der Waals surface area (Å²) in [6.45, 7) is 5.12. The van der Waals surface area contributed by atoms with Crippen molar-refractivity contribution in [3.63, 3.8) is 0 Å². The first kappa shape index (κ1) is 17.4. The highest BCUT2D eigenvalue weighted by molar-refractivity contribution is 5.76. The lowest BCUT2D eigenvalue weighted by Gasteiger charge is -2.30. The highest BCUT2D eigenvalue weighted by Gasteiger charge is 2.26. The molecule has 21 heavy (non-hydrogen) atoms. The van der Waals surface area contributed by atoms with Crippen LogP contribution in [0.4, 0.5) is 0 Å². The summed E-state index contributed by atoms with van der Waals surface area (Å²) in [7, 11) is 1.73. The van der Waals surface area contributed by atoms with Crippen LogP contribution in [0.3, 0.4) is 0 Å². The minimum Gasteiger partial charge on any atom is -0.466 e. The Hall–Kier alpha value is -1.61. The van der Waals surface area contributed by atoms with E-state index in [1.54, 1.807) is 11.9 Å². The van der Waals surface area contributed by atoms with Gasteiger partial charge in [0.25, 0.3) is 0 Å². The van der Waals surface area contributed by atoms with Crippen LogP contribution in [0.1, 0.15) is 32.6 Å². The number of piperidine rings is 1. The minimum atomic E-state index is -0.0931. The molecule has 1 aliphatic rings. The van der Waals surface area contributed by atoms with E-state index in [-0.39, 0.29) is 17.8 Å². The van der Waals surface area contributed by atoms with Crippen molar-refractivity contribution >= 4 is 11.9 Å². The third-order valence-electron chi connectivity index (χ3n) is 3.83. The van der Waals surface area contributed by atoms with E-state index in [0.29, 0.717) is 32.5 Å². The second kappa shape index (κ2) is 9.35. The molecule has 1 heterocycles. The van der Waals surface area contributed by atoms with Crippen LogP contribution < -0.4 is 0 Å². The molecule has 1 amide bonds. The van der Waals surface area contributed by atoms with Crippen LogP contribution >= 0.6 is 0 Å². The van der Waals surface area contributed by atoms with Gasteiger partial charge < -0.3 is 14.5 Å². The number of rotatable bonds is 7. The highest BCUT2D eigenvalue weighted by Crippen LogP contribution is 2.18. The maximum atomic E-state index is 11.9. The summed E-state index contributed by atoms with van der Waals surface area (Å²) in [6.07, 6.45) is 2.44. The molecule has 6 heteroatoms. The predicted octanol–water partition coefficient (Wildman–Crippen LogP) is 1.02. The molecular formula is C15H25N3O3. The molecule has 1 aliphatic heterocycles. The number of esters is 1. The van der Waals surface area contributed by atoms with Crippen LogP contribution in [0.25, 0.3) is 0 Å². The Kier molecular flexibility index (Phi) is 7.76. The summed E-state index contributed by atoms with van der Waals surface area (Å²) in [4.78, 5) is 27.3. The van der Waals surface area contributed by atoms with E-state index in [1.165, 1.54) is 0 Å². The molecule has 1 fully saturated rings. The topological polar surface area (TPSA) is 73.6 Å². The second-order valence-electron chi connectivity index (χ2n) is 5.34. The lowest BCUT2D eigenvalue weighted by Crippen LogP contribution is -2.39. The molecule has 0 aromatic carbocycles. The average Bonchev–Trinajstić information content (AvgIpc) is 2.50. The number of amides is 1. The Bertz CT molecular complexity index is 384. The van der Waals surface area contributed by atoms with Gasteiger partial charge in [-0.3, -0.25) is 9.59 Å². The summed E-state index contributed by atoms with van der Waals surface area (Å²) in [5.74, 6) is -0.0163. The summed E-state index contributed by atoms with van der Waals surface area (Å²) in [5, 5.41) is 8.50. The van der Waals surface area contributed by atoms with Gasteiger partial charge in [0.2, 0.25) is 5.91 Å². The van der Waals surface area contributed by atoms with E-state index in [1.807, 2.05) is 13.0 Å². The second-order valence-corrected chi connectivity index (χ2v) is 5.34. The third-order valence-corrected chi connectivity index (χ3v) is 3.83. The van der Waals surface area contributed by atoms with E-state index in [2.05, 4.69) is 4.90 Å². The Morgan fingerprint density at radius 3 is 2.62 bits per heavy atom. The van der Waals surface area contributed by atoms with Crippen molar-refractivity contribution in [3.05, 3.63) is 0 Å². The molecule has 0 unspecified atom stereocenters. The van der Waals surface area contributed by atoms with E-state index < -0.39 is 0 Å². The number of hydrogen-bond acceptors (Lipinski definition) is 5.